The van der Waals surface area contributed by atoms with E-state index in [9.17, 15) is 0 Å². The highest BCUT2D eigenvalue weighted by atomic mass is 16.6. The molecule has 0 unspecified atom stereocenters. The fourth-order valence-electron chi connectivity index (χ4n) is 5.13. The van der Waals surface area contributed by atoms with Crippen molar-refractivity contribution in [2.75, 3.05) is 132 Å². The Kier molecular flexibility index (Phi) is 31.3. The van der Waals surface area contributed by atoms with Crippen LogP contribution in [0.3, 0.4) is 0 Å². The Balaban J connectivity index is 1.18. The van der Waals surface area contributed by atoms with Crippen molar-refractivity contribution in [2.24, 2.45) is 0 Å². The molecule has 1 aromatic rings. The second-order valence-electron chi connectivity index (χ2n) is 12.1. The van der Waals surface area contributed by atoms with E-state index in [1.807, 2.05) is 0 Å². The zero-order valence-corrected chi connectivity index (χ0v) is 30.7. The second-order valence-corrected chi connectivity index (χ2v) is 12.1. The van der Waals surface area contributed by atoms with E-state index in [1.165, 1.54) is 50.5 Å². The predicted molar refractivity (Wildman–Crippen MR) is 192 cm³/mol. The fraction of sp³-hybridized carbons (Fsp3) is 0.842. The predicted octanol–water partition coefficient (Wildman–Crippen LogP) is 5.26. The molecule has 0 radical (unpaired) electrons. The molecule has 0 amide bonds. The molecule has 2 rings (SSSR count). The number of nitrogens with one attached hydrogen (secondary N) is 1. The van der Waals surface area contributed by atoms with Gasteiger partial charge in [0.1, 0.15) is 12.4 Å². The van der Waals surface area contributed by atoms with Gasteiger partial charge in [0.15, 0.2) is 0 Å². The van der Waals surface area contributed by atoms with E-state index in [1.54, 1.807) is 0 Å². The largest absolute Gasteiger partial charge is 0.491 e. The molecule has 0 aromatic heterocycles. The highest BCUT2D eigenvalue weighted by molar-refractivity contribution is 5.27. The normalized spacial score (nSPS) is 13.7. The van der Waals surface area contributed by atoms with Crippen LogP contribution in [0, 0.1) is 0 Å². The maximum Gasteiger partial charge on any atom is 0.119 e. The van der Waals surface area contributed by atoms with E-state index < -0.39 is 0 Å². The van der Waals surface area contributed by atoms with Crippen LogP contribution in [-0.2, 0) is 49.1 Å². The van der Waals surface area contributed by atoms with E-state index in [4.69, 9.17) is 47.4 Å². The summed E-state index contributed by atoms with van der Waals surface area (Å²) < 4.78 is 55.8. The molecule has 1 N–H and O–H groups in total. The Morgan fingerprint density at radius 2 is 0.857 bits per heavy atom. The molecule has 0 saturated carbocycles. The van der Waals surface area contributed by atoms with E-state index in [-0.39, 0.29) is 0 Å². The number of hydrogen-bond donors (Lipinski definition) is 1. The van der Waals surface area contributed by atoms with Crippen molar-refractivity contribution in [3.63, 3.8) is 0 Å². The van der Waals surface area contributed by atoms with Crippen LogP contribution in [0.5, 0.6) is 5.75 Å². The molecule has 1 saturated heterocycles. The van der Waals surface area contributed by atoms with Crippen LogP contribution >= 0.6 is 0 Å². The molecule has 1 aromatic carbocycles. The first-order valence-electron chi connectivity index (χ1n) is 19.0. The van der Waals surface area contributed by atoms with Crippen molar-refractivity contribution in [1.82, 2.24) is 5.32 Å². The first-order valence-corrected chi connectivity index (χ1v) is 19.0. The van der Waals surface area contributed by atoms with E-state index in [0.717, 1.165) is 38.1 Å². The minimum atomic E-state index is 0.374. The van der Waals surface area contributed by atoms with Gasteiger partial charge in [0.2, 0.25) is 0 Å². The summed E-state index contributed by atoms with van der Waals surface area (Å²) in [5.74, 6) is 0.891. The molecule has 49 heavy (non-hydrogen) atoms. The molecular weight excluding hydrogens is 630 g/mol. The number of ether oxygens (including phenoxy) is 10. The number of benzene rings is 1. The lowest BCUT2D eigenvalue weighted by Crippen LogP contribution is -2.33. The molecule has 1 heterocycles. The molecular formula is C38H69NO10. The monoisotopic (exact) mass is 699 g/mol. The summed E-state index contributed by atoms with van der Waals surface area (Å²) in [6.07, 6.45) is 13.1. The number of piperidine rings is 1. The van der Waals surface area contributed by atoms with Crippen molar-refractivity contribution in [1.29, 1.82) is 0 Å². The Morgan fingerprint density at radius 1 is 0.469 bits per heavy atom. The molecule has 0 spiro atoms. The van der Waals surface area contributed by atoms with Crippen LogP contribution in [0.1, 0.15) is 70.3 Å². The van der Waals surface area contributed by atoms with Gasteiger partial charge >= 0.3 is 0 Å². The first-order chi connectivity index (χ1) is 24.4. The molecule has 0 atom stereocenters. The van der Waals surface area contributed by atoms with Gasteiger partial charge in [-0.2, -0.15) is 0 Å². The summed E-state index contributed by atoms with van der Waals surface area (Å²) in [5.41, 5.74) is 1.38. The van der Waals surface area contributed by atoms with Crippen LogP contribution in [0.15, 0.2) is 24.3 Å². The topological polar surface area (TPSA) is 104 Å². The van der Waals surface area contributed by atoms with Gasteiger partial charge < -0.3 is 52.7 Å². The summed E-state index contributed by atoms with van der Waals surface area (Å²) >= 11 is 0. The van der Waals surface area contributed by atoms with Gasteiger partial charge in [-0.05, 0) is 56.5 Å². The smallest absolute Gasteiger partial charge is 0.119 e. The zero-order valence-electron chi connectivity index (χ0n) is 30.7. The Hall–Kier alpha value is -1.38. The maximum absolute atomic E-state index is 5.80. The summed E-state index contributed by atoms with van der Waals surface area (Å²) in [7, 11) is 0. The average molecular weight is 700 g/mol. The third kappa shape index (κ3) is 29.0. The molecule has 11 heteroatoms. The van der Waals surface area contributed by atoms with Gasteiger partial charge in [0.25, 0.3) is 0 Å². The van der Waals surface area contributed by atoms with Crippen LogP contribution < -0.4 is 10.1 Å². The zero-order chi connectivity index (χ0) is 34.6. The van der Waals surface area contributed by atoms with Crippen molar-refractivity contribution in [3.8, 4) is 5.75 Å². The SMILES string of the molecule is CCCCCCCCCc1ccc(OCCOCCOCCOCCOCCOCCOCCOCCOCCOC2CCNCC2)cc1. The minimum absolute atomic E-state index is 0.374. The Labute approximate surface area is 297 Å². The van der Waals surface area contributed by atoms with Crippen LogP contribution in [0.4, 0.5) is 0 Å². The fourth-order valence-corrected chi connectivity index (χ4v) is 5.13. The van der Waals surface area contributed by atoms with Gasteiger partial charge in [-0.25, -0.2) is 0 Å². The van der Waals surface area contributed by atoms with E-state index in [2.05, 4.69) is 36.5 Å². The first kappa shape index (κ1) is 43.8. The molecule has 1 aliphatic rings. The van der Waals surface area contributed by atoms with Gasteiger partial charge in [-0.1, -0.05) is 57.6 Å². The van der Waals surface area contributed by atoms with Crippen LogP contribution in [0.2, 0.25) is 0 Å². The third-order valence-corrected chi connectivity index (χ3v) is 7.96. The van der Waals surface area contributed by atoms with Gasteiger partial charge in [-0.3, -0.25) is 0 Å². The molecule has 11 nitrogen and oxygen atoms in total. The van der Waals surface area contributed by atoms with Crippen LogP contribution in [0.25, 0.3) is 0 Å². The summed E-state index contributed by atoms with van der Waals surface area (Å²) in [5, 5.41) is 3.33. The number of aryl methyl sites for hydroxylation is 1. The lowest BCUT2D eigenvalue weighted by atomic mass is 10.0. The molecule has 1 fully saturated rings. The van der Waals surface area contributed by atoms with Crippen molar-refractivity contribution >= 4 is 0 Å². The van der Waals surface area contributed by atoms with Crippen molar-refractivity contribution < 1.29 is 47.4 Å². The second kappa shape index (κ2) is 35.0. The Morgan fingerprint density at radius 3 is 1.31 bits per heavy atom. The van der Waals surface area contributed by atoms with E-state index >= 15 is 0 Å². The molecule has 286 valence electrons. The van der Waals surface area contributed by atoms with Crippen LogP contribution in [-0.4, -0.2) is 138 Å². The molecule has 0 bridgehead atoms. The molecule has 1 aliphatic heterocycles. The standard InChI is InChI=1S/C38H69NO10/c1-2-3-4-5-6-7-8-9-36-10-12-37(13-11-36)48-34-32-46-30-28-44-26-24-42-22-20-40-18-19-41-21-23-43-25-27-45-29-31-47-33-35-49-38-14-16-39-17-15-38/h10-13,38-39H,2-9,14-35H2,1H3. The summed E-state index contributed by atoms with van der Waals surface area (Å²) in [4.78, 5) is 0. The van der Waals surface area contributed by atoms with Gasteiger partial charge in [0, 0.05) is 0 Å². The summed E-state index contributed by atoms with van der Waals surface area (Å²) in [6.45, 7) is 14.2. The average Bonchev–Trinajstić information content (AvgIpc) is 3.13. The number of unbranched alkanes of at least 4 members (excludes halogenated alkanes) is 6. The van der Waals surface area contributed by atoms with Crippen molar-refractivity contribution in [2.45, 2.75) is 77.2 Å². The lowest BCUT2D eigenvalue weighted by Gasteiger charge is -2.22. The number of hydrogen-bond acceptors (Lipinski definition) is 11. The highest BCUT2D eigenvalue weighted by Crippen LogP contribution is 2.15. The van der Waals surface area contributed by atoms with Gasteiger partial charge in [0.05, 0.1) is 118 Å². The maximum atomic E-state index is 5.80. The summed E-state index contributed by atoms with van der Waals surface area (Å²) in [6, 6.07) is 8.47. The lowest BCUT2D eigenvalue weighted by molar-refractivity contribution is -0.0319. The highest BCUT2D eigenvalue weighted by Gasteiger charge is 2.12. The third-order valence-electron chi connectivity index (χ3n) is 7.96. The quantitative estimate of drug-likeness (QED) is 0.0921. The van der Waals surface area contributed by atoms with Crippen molar-refractivity contribution in [3.05, 3.63) is 29.8 Å². The Bertz CT molecular complexity index is 797. The number of rotatable bonds is 37. The molecule has 0 aliphatic carbocycles. The minimum Gasteiger partial charge on any atom is -0.491 e. The van der Waals surface area contributed by atoms with E-state index in [0.29, 0.717) is 125 Å². The van der Waals surface area contributed by atoms with Gasteiger partial charge in [-0.15, -0.1) is 0 Å².